The molecule has 1 heterocycles. The van der Waals surface area contributed by atoms with Crippen molar-refractivity contribution in [2.45, 2.75) is 26.9 Å². The highest BCUT2D eigenvalue weighted by atomic mass is 15.1. The molecule has 0 saturated carbocycles. The topological polar surface area (TPSA) is 43.8 Å². The lowest BCUT2D eigenvalue weighted by atomic mass is 10.1. The molecule has 0 fully saturated rings. The predicted molar refractivity (Wildman–Crippen MR) is 45.0 cm³/mol. The normalized spacial score (nSPS) is 13.9. The van der Waals surface area contributed by atoms with E-state index in [-0.39, 0.29) is 6.17 Å². The molecule has 0 aromatic carbocycles. The van der Waals surface area contributed by atoms with Gasteiger partial charge in [-0.15, -0.1) is 0 Å². The molecule has 0 saturated heterocycles. The number of nitrogens with two attached hydrogens (primary N) is 1. The Kier molecular flexibility index (Phi) is 2.29. The minimum absolute atomic E-state index is 0.0532. The van der Waals surface area contributed by atoms with Crippen molar-refractivity contribution in [3.05, 3.63) is 18.2 Å². The summed E-state index contributed by atoms with van der Waals surface area (Å²) in [6.07, 6.45) is 3.75. The molecule has 1 rings (SSSR count). The molecule has 1 atom stereocenters. The number of hydrogen-bond acceptors (Lipinski definition) is 2. The highest BCUT2D eigenvalue weighted by molar-refractivity contribution is 4.91. The Morgan fingerprint density at radius 2 is 2.18 bits per heavy atom. The van der Waals surface area contributed by atoms with E-state index in [0.717, 1.165) is 5.82 Å². The third-order valence-electron chi connectivity index (χ3n) is 1.87. The second-order valence-corrected chi connectivity index (χ2v) is 3.12. The van der Waals surface area contributed by atoms with Crippen LogP contribution in [0.5, 0.6) is 0 Å². The zero-order chi connectivity index (χ0) is 8.43. The SMILES string of the molecule is Cc1nccn1C(N)C(C)C. The standard InChI is InChI=1S/C8H15N3/c1-6(2)8(9)11-5-4-10-7(11)3/h4-6,8H,9H2,1-3H3. The van der Waals surface area contributed by atoms with Crippen molar-refractivity contribution in [3.63, 3.8) is 0 Å². The third-order valence-corrected chi connectivity index (χ3v) is 1.87. The molecule has 0 radical (unpaired) electrons. The summed E-state index contributed by atoms with van der Waals surface area (Å²) in [7, 11) is 0. The molecule has 11 heavy (non-hydrogen) atoms. The van der Waals surface area contributed by atoms with Crippen molar-refractivity contribution < 1.29 is 0 Å². The maximum Gasteiger partial charge on any atom is 0.106 e. The molecule has 3 nitrogen and oxygen atoms in total. The molecule has 0 aliphatic rings. The fourth-order valence-corrected chi connectivity index (χ4v) is 1.02. The highest BCUT2D eigenvalue weighted by Crippen LogP contribution is 2.12. The average Bonchev–Trinajstić information content (AvgIpc) is 2.33. The summed E-state index contributed by atoms with van der Waals surface area (Å²) in [6, 6.07) is 0. The van der Waals surface area contributed by atoms with E-state index >= 15 is 0 Å². The average molecular weight is 153 g/mol. The van der Waals surface area contributed by atoms with E-state index in [2.05, 4.69) is 18.8 Å². The number of hydrogen-bond donors (Lipinski definition) is 1. The lowest BCUT2D eigenvalue weighted by molar-refractivity contribution is 0.382. The van der Waals surface area contributed by atoms with Crippen molar-refractivity contribution in [2.75, 3.05) is 0 Å². The number of nitrogens with zero attached hydrogens (tertiary/aromatic N) is 2. The summed E-state index contributed by atoms with van der Waals surface area (Å²) < 4.78 is 1.99. The molecule has 1 aromatic heterocycles. The van der Waals surface area contributed by atoms with Gasteiger partial charge < -0.3 is 10.3 Å². The predicted octanol–water partition coefficient (Wildman–Crippen LogP) is 1.30. The van der Waals surface area contributed by atoms with Crippen molar-refractivity contribution in [2.24, 2.45) is 11.7 Å². The second kappa shape index (κ2) is 3.05. The van der Waals surface area contributed by atoms with Gasteiger partial charge in [-0.25, -0.2) is 4.98 Å². The first-order valence-corrected chi connectivity index (χ1v) is 3.88. The van der Waals surface area contributed by atoms with Gasteiger partial charge in [0.2, 0.25) is 0 Å². The van der Waals surface area contributed by atoms with Crippen LogP contribution in [-0.4, -0.2) is 9.55 Å². The van der Waals surface area contributed by atoms with Crippen molar-refractivity contribution in [1.29, 1.82) is 0 Å². The van der Waals surface area contributed by atoms with Gasteiger partial charge in [-0.1, -0.05) is 13.8 Å². The summed E-state index contributed by atoms with van der Waals surface area (Å²) in [4.78, 5) is 4.10. The number of imidazole rings is 1. The molecule has 0 bridgehead atoms. The van der Waals surface area contributed by atoms with Gasteiger partial charge in [0.25, 0.3) is 0 Å². The van der Waals surface area contributed by atoms with Crippen LogP contribution in [0, 0.1) is 12.8 Å². The van der Waals surface area contributed by atoms with Crippen LogP contribution < -0.4 is 5.73 Å². The van der Waals surface area contributed by atoms with Crippen LogP contribution >= 0.6 is 0 Å². The van der Waals surface area contributed by atoms with E-state index in [0.29, 0.717) is 5.92 Å². The van der Waals surface area contributed by atoms with Crippen molar-refractivity contribution in [1.82, 2.24) is 9.55 Å². The smallest absolute Gasteiger partial charge is 0.106 e. The molecule has 0 amide bonds. The molecule has 2 N–H and O–H groups in total. The Bertz CT molecular complexity index is 227. The summed E-state index contributed by atoms with van der Waals surface area (Å²) in [5.41, 5.74) is 5.91. The molecular formula is C8H15N3. The molecule has 3 heteroatoms. The van der Waals surface area contributed by atoms with E-state index in [1.807, 2.05) is 17.7 Å². The molecule has 1 aromatic rings. The largest absolute Gasteiger partial charge is 0.319 e. The summed E-state index contributed by atoms with van der Waals surface area (Å²) in [5.74, 6) is 1.43. The van der Waals surface area contributed by atoms with Gasteiger partial charge in [-0.3, -0.25) is 0 Å². The Hall–Kier alpha value is -0.830. The van der Waals surface area contributed by atoms with Gasteiger partial charge in [0, 0.05) is 12.4 Å². The zero-order valence-electron chi connectivity index (χ0n) is 7.28. The fourth-order valence-electron chi connectivity index (χ4n) is 1.02. The summed E-state index contributed by atoms with van der Waals surface area (Å²) >= 11 is 0. The van der Waals surface area contributed by atoms with Gasteiger partial charge in [0.15, 0.2) is 0 Å². The number of aryl methyl sites for hydroxylation is 1. The van der Waals surface area contributed by atoms with Gasteiger partial charge in [-0.2, -0.15) is 0 Å². The van der Waals surface area contributed by atoms with Crippen LogP contribution in [0.4, 0.5) is 0 Å². The quantitative estimate of drug-likeness (QED) is 0.696. The van der Waals surface area contributed by atoms with Crippen LogP contribution in [0.2, 0.25) is 0 Å². The monoisotopic (exact) mass is 153 g/mol. The lowest BCUT2D eigenvalue weighted by Crippen LogP contribution is -2.24. The molecule has 0 aliphatic heterocycles. The second-order valence-electron chi connectivity index (χ2n) is 3.12. The minimum Gasteiger partial charge on any atom is -0.319 e. The lowest BCUT2D eigenvalue weighted by Gasteiger charge is -2.18. The minimum atomic E-state index is 0.0532. The Morgan fingerprint density at radius 1 is 1.55 bits per heavy atom. The first kappa shape index (κ1) is 8.27. The van der Waals surface area contributed by atoms with Gasteiger partial charge in [-0.05, 0) is 12.8 Å². The fraction of sp³-hybridized carbons (Fsp3) is 0.625. The summed E-state index contributed by atoms with van der Waals surface area (Å²) in [5, 5.41) is 0. The van der Waals surface area contributed by atoms with Crippen LogP contribution in [-0.2, 0) is 0 Å². The first-order valence-electron chi connectivity index (χ1n) is 3.88. The maximum atomic E-state index is 5.91. The molecule has 0 spiro atoms. The van der Waals surface area contributed by atoms with Crippen LogP contribution in [0.15, 0.2) is 12.4 Å². The molecule has 0 aliphatic carbocycles. The van der Waals surface area contributed by atoms with E-state index in [9.17, 15) is 0 Å². The Balaban J connectivity index is 2.84. The third kappa shape index (κ3) is 1.60. The summed E-state index contributed by atoms with van der Waals surface area (Å²) in [6.45, 7) is 6.16. The Labute approximate surface area is 67.2 Å². The van der Waals surface area contributed by atoms with Crippen molar-refractivity contribution in [3.8, 4) is 0 Å². The molecule has 62 valence electrons. The van der Waals surface area contributed by atoms with Crippen LogP contribution in [0.1, 0.15) is 25.8 Å². The van der Waals surface area contributed by atoms with E-state index in [1.165, 1.54) is 0 Å². The van der Waals surface area contributed by atoms with Crippen LogP contribution in [0.3, 0.4) is 0 Å². The van der Waals surface area contributed by atoms with Gasteiger partial charge in [0.1, 0.15) is 5.82 Å². The van der Waals surface area contributed by atoms with E-state index in [4.69, 9.17) is 5.73 Å². The highest BCUT2D eigenvalue weighted by Gasteiger charge is 2.10. The Morgan fingerprint density at radius 3 is 2.55 bits per heavy atom. The molecular weight excluding hydrogens is 138 g/mol. The zero-order valence-corrected chi connectivity index (χ0v) is 7.28. The van der Waals surface area contributed by atoms with Gasteiger partial charge in [0.05, 0.1) is 6.17 Å². The van der Waals surface area contributed by atoms with E-state index in [1.54, 1.807) is 6.20 Å². The maximum absolute atomic E-state index is 5.91. The number of aromatic nitrogens is 2. The van der Waals surface area contributed by atoms with E-state index < -0.39 is 0 Å². The number of rotatable bonds is 2. The molecule has 1 unspecified atom stereocenters. The van der Waals surface area contributed by atoms with Crippen molar-refractivity contribution >= 4 is 0 Å². The van der Waals surface area contributed by atoms with Gasteiger partial charge >= 0.3 is 0 Å². The van der Waals surface area contributed by atoms with Crippen LogP contribution in [0.25, 0.3) is 0 Å². The first-order chi connectivity index (χ1) is 5.13.